The van der Waals surface area contributed by atoms with Gasteiger partial charge in [-0.3, -0.25) is 4.98 Å². The smallest absolute Gasteiger partial charge is 0.215 e. The number of hydrogen-bond donors (Lipinski definition) is 1. The summed E-state index contributed by atoms with van der Waals surface area (Å²) in [4.78, 5) is 7.97. The van der Waals surface area contributed by atoms with Crippen molar-refractivity contribution in [3.05, 3.63) is 12.4 Å². The maximum Gasteiger partial charge on any atom is 0.215 e. The van der Waals surface area contributed by atoms with Crippen LogP contribution in [0.1, 0.15) is 0 Å². The minimum Gasteiger partial charge on any atom is -0.382 e. The molecule has 0 unspecified atom stereocenters. The van der Waals surface area contributed by atoms with E-state index in [0.29, 0.717) is 16.0 Å². The zero-order valence-electron chi connectivity index (χ0n) is 7.32. The second-order valence-corrected chi connectivity index (χ2v) is 3.46. The molecule has 2 heterocycles. The molecule has 2 aromatic rings. The van der Waals surface area contributed by atoms with Gasteiger partial charge in [0.25, 0.3) is 0 Å². The number of anilines is 1. The Morgan fingerprint density at radius 2 is 2.29 bits per heavy atom. The fourth-order valence-electron chi connectivity index (χ4n) is 0.813. The third-order valence-corrected chi connectivity index (χ3v) is 2.34. The van der Waals surface area contributed by atoms with E-state index in [1.807, 2.05) is 0 Å². The molecule has 2 N–H and O–H groups in total. The van der Waals surface area contributed by atoms with Crippen LogP contribution in [0.4, 0.5) is 5.82 Å². The molecule has 0 saturated carbocycles. The van der Waals surface area contributed by atoms with Gasteiger partial charge in [-0.05, 0) is 22.2 Å². The molecule has 8 heteroatoms. The van der Waals surface area contributed by atoms with E-state index < -0.39 is 0 Å². The van der Waals surface area contributed by atoms with Gasteiger partial charge in [0.15, 0.2) is 0 Å². The minimum atomic E-state index is 0.380. The summed E-state index contributed by atoms with van der Waals surface area (Å²) in [5.74, 6) is 0.380. The molecule has 0 aliphatic heterocycles. The number of nitrogens with zero attached hydrogens (tertiary/aromatic N) is 6. The summed E-state index contributed by atoms with van der Waals surface area (Å²) in [6.45, 7) is 0. The van der Waals surface area contributed by atoms with Crippen molar-refractivity contribution in [2.75, 3.05) is 5.73 Å². The fraction of sp³-hybridized carbons (Fsp3) is 0.167. The van der Waals surface area contributed by atoms with Gasteiger partial charge in [0, 0.05) is 7.05 Å². The van der Waals surface area contributed by atoms with Gasteiger partial charge < -0.3 is 5.73 Å². The fourth-order valence-corrected chi connectivity index (χ4v) is 1.51. The SMILES string of the molecule is Cn1nnnc1Sc1cncc(N)n1. The van der Waals surface area contributed by atoms with Crippen LogP contribution in [0.25, 0.3) is 0 Å². The highest BCUT2D eigenvalue weighted by Crippen LogP contribution is 2.21. The molecule has 72 valence electrons. The van der Waals surface area contributed by atoms with Crippen LogP contribution in [0.3, 0.4) is 0 Å². The standard InChI is InChI=1S/C6H7N7S/c1-13-6(10-11-12-13)14-5-3-8-2-4(7)9-5/h2-3H,1H3,(H2,7,9). The summed E-state index contributed by atoms with van der Waals surface area (Å²) < 4.78 is 1.55. The van der Waals surface area contributed by atoms with Crippen LogP contribution in [-0.4, -0.2) is 30.2 Å². The van der Waals surface area contributed by atoms with Gasteiger partial charge in [0.1, 0.15) is 10.8 Å². The first-order chi connectivity index (χ1) is 6.75. The predicted molar refractivity (Wildman–Crippen MR) is 49.4 cm³/mol. The topological polar surface area (TPSA) is 95.4 Å². The van der Waals surface area contributed by atoms with Crippen molar-refractivity contribution in [3.8, 4) is 0 Å². The molecule has 0 atom stereocenters. The van der Waals surface area contributed by atoms with Gasteiger partial charge in [0.2, 0.25) is 5.16 Å². The summed E-state index contributed by atoms with van der Waals surface area (Å²) in [5.41, 5.74) is 5.48. The number of aryl methyl sites for hydroxylation is 1. The van der Waals surface area contributed by atoms with E-state index in [0.717, 1.165) is 0 Å². The van der Waals surface area contributed by atoms with Gasteiger partial charge in [-0.1, -0.05) is 0 Å². The minimum absolute atomic E-state index is 0.380. The Balaban J connectivity index is 2.23. The third-order valence-electron chi connectivity index (χ3n) is 1.41. The Bertz CT molecular complexity index is 439. The van der Waals surface area contributed by atoms with E-state index in [4.69, 9.17) is 5.73 Å². The molecular formula is C6H7N7S. The van der Waals surface area contributed by atoms with Crippen molar-refractivity contribution in [1.29, 1.82) is 0 Å². The maximum atomic E-state index is 5.48. The zero-order valence-corrected chi connectivity index (χ0v) is 8.14. The highest BCUT2D eigenvalue weighted by molar-refractivity contribution is 7.99. The van der Waals surface area contributed by atoms with Crippen LogP contribution in [0.2, 0.25) is 0 Å². The van der Waals surface area contributed by atoms with E-state index in [2.05, 4.69) is 25.5 Å². The van der Waals surface area contributed by atoms with Crippen LogP contribution in [-0.2, 0) is 7.05 Å². The molecule has 14 heavy (non-hydrogen) atoms. The van der Waals surface area contributed by atoms with Crippen LogP contribution in [0.15, 0.2) is 22.6 Å². The number of tetrazole rings is 1. The molecule has 0 bridgehead atoms. The zero-order chi connectivity index (χ0) is 9.97. The monoisotopic (exact) mass is 209 g/mol. The lowest BCUT2D eigenvalue weighted by Crippen LogP contribution is -1.95. The summed E-state index contributed by atoms with van der Waals surface area (Å²) >= 11 is 1.31. The second-order valence-electron chi connectivity index (χ2n) is 2.47. The lowest BCUT2D eigenvalue weighted by Gasteiger charge is -1.98. The van der Waals surface area contributed by atoms with E-state index in [1.54, 1.807) is 17.9 Å². The Labute approximate surface area is 83.7 Å². The van der Waals surface area contributed by atoms with Crippen molar-refractivity contribution >= 4 is 17.6 Å². The Kier molecular flexibility index (Phi) is 2.27. The molecule has 0 aliphatic carbocycles. The average Bonchev–Trinajstić information content (AvgIpc) is 2.52. The number of hydrogen-bond acceptors (Lipinski definition) is 7. The average molecular weight is 209 g/mol. The second kappa shape index (κ2) is 3.58. The van der Waals surface area contributed by atoms with Crippen LogP contribution in [0.5, 0.6) is 0 Å². The highest BCUT2D eigenvalue weighted by atomic mass is 32.2. The summed E-state index contributed by atoms with van der Waals surface area (Å²) in [5, 5.41) is 12.3. The van der Waals surface area contributed by atoms with Gasteiger partial charge in [0.05, 0.1) is 12.4 Å². The van der Waals surface area contributed by atoms with Crippen molar-refractivity contribution in [3.63, 3.8) is 0 Å². The molecule has 0 amide bonds. The van der Waals surface area contributed by atoms with Crippen molar-refractivity contribution in [2.24, 2.45) is 7.05 Å². The van der Waals surface area contributed by atoms with Crippen LogP contribution >= 0.6 is 11.8 Å². The predicted octanol–water partition coefficient (Wildman–Crippen LogP) is -0.267. The van der Waals surface area contributed by atoms with E-state index in [-0.39, 0.29) is 0 Å². The van der Waals surface area contributed by atoms with Gasteiger partial charge in [-0.15, -0.1) is 5.10 Å². The largest absolute Gasteiger partial charge is 0.382 e. The first-order valence-electron chi connectivity index (χ1n) is 3.73. The Morgan fingerprint density at radius 3 is 2.93 bits per heavy atom. The molecule has 0 fully saturated rings. The van der Waals surface area contributed by atoms with Gasteiger partial charge in [-0.2, -0.15) is 0 Å². The van der Waals surface area contributed by atoms with E-state index in [1.165, 1.54) is 18.0 Å². The van der Waals surface area contributed by atoms with Gasteiger partial charge >= 0.3 is 0 Å². The highest BCUT2D eigenvalue weighted by Gasteiger charge is 2.05. The third kappa shape index (κ3) is 1.79. The number of rotatable bonds is 2. The molecule has 0 saturated heterocycles. The van der Waals surface area contributed by atoms with Crippen LogP contribution < -0.4 is 5.73 Å². The number of nitrogen functional groups attached to an aromatic ring is 1. The maximum absolute atomic E-state index is 5.48. The molecular weight excluding hydrogens is 202 g/mol. The summed E-state index contributed by atoms with van der Waals surface area (Å²) in [6.07, 6.45) is 3.09. The molecule has 0 aromatic carbocycles. The van der Waals surface area contributed by atoms with Crippen LogP contribution in [0, 0.1) is 0 Å². The lowest BCUT2D eigenvalue weighted by atomic mass is 10.7. The normalized spacial score (nSPS) is 10.4. The lowest BCUT2D eigenvalue weighted by molar-refractivity contribution is 0.664. The number of aromatic nitrogens is 6. The Morgan fingerprint density at radius 1 is 1.43 bits per heavy atom. The molecule has 7 nitrogen and oxygen atoms in total. The molecule has 2 aromatic heterocycles. The molecule has 0 radical (unpaired) electrons. The Hall–Kier alpha value is -1.70. The summed E-state index contributed by atoms with van der Waals surface area (Å²) in [7, 11) is 1.75. The van der Waals surface area contributed by atoms with Crippen molar-refractivity contribution in [1.82, 2.24) is 30.2 Å². The van der Waals surface area contributed by atoms with Crippen molar-refractivity contribution < 1.29 is 0 Å². The van der Waals surface area contributed by atoms with E-state index in [9.17, 15) is 0 Å². The molecule has 2 rings (SSSR count). The number of nitrogens with two attached hydrogens (primary N) is 1. The molecule has 0 aliphatic rings. The molecule has 0 spiro atoms. The summed E-state index contributed by atoms with van der Waals surface area (Å²) in [6, 6.07) is 0. The first kappa shape index (κ1) is 8.88. The first-order valence-corrected chi connectivity index (χ1v) is 4.55. The van der Waals surface area contributed by atoms with Crippen molar-refractivity contribution in [2.45, 2.75) is 10.2 Å². The van der Waals surface area contributed by atoms with Gasteiger partial charge in [-0.25, -0.2) is 9.67 Å². The quantitative estimate of drug-likeness (QED) is 0.727. The van der Waals surface area contributed by atoms with E-state index >= 15 is 0 Å².